The van der Waals surface area contributed by atoms with Crippen LogP contribution in [0.1, 0.15) is 47.9 Å². The molecule has 0 fully saturated rings. The first-order chi connectivity index (χ1) is 15.7. The van der Waals surface area contributed by atoms with Crippen molar-refractivity contribution in [1.29, 1.82) is 0 Å². The highest BCUT2D eigenvalue weighted by Gasteiger charge is 2.17. The van der Waals surface area contributed by atoms with Gasteiger partial charge in [-0.25, -0.2) is 0 Å². The van der Waals surface area contributed by atoms with Crippen LogP contribution in [-0.4, -0.2) is 10.2 Å². The SMILES string of the molecule is Oc1c2cc3c(cc2cc2cc4cc5cc6c(cc5c(O)c4cc12)CCCC6)CCCC3. The van der Waals surface area contributed by atoms with Crippen molar-refractivity contribution in [2.75, 3.05) is 0 Å². The van der Waals surface area contributed by atoms with Gasteiger partial charge in [0.05, 0.1) is 0 Å². The average Bonchev–Trinajstić information content (AvgIpc) is 2.82. The topological polar surface area (TPSA) is 40.5 Å². The Bertz CT molecular complexity index is 1480. The Morgan fingerprint density at radius 2 is 0.688 bits per heavy atom. The Kier molecular flexibility index (Phi) is 3.79. The van der Waals surface area contributed by atoms with Gasteiger partial charge in [-0.1, -0.05) is 12.1 Å². The van der Waals surface area contributed by atoms with Crippen molar-refractivity contribution in [2.24, 2.45) is 0 Å². The second kappa shape index (κ2) is 6.62. The molecule has 0 aliphatic heterocycles. The van der Waals surface area contributed by atoms with Gasteiger partial charge in [-0.3, -0.25) is 0 Å². The van der Waals surface area contributed by atoms with Gasteiger partial charge < -0.3 is 10.2 Å². The van der Waals surface area contributed by atoms with E-state index in [1.54, 1.807) is 0 Å². The maximum absolute atomic E-state index is 11.3. The lowest BCUT2D eigenvalue weighted by molar-refractivity contribution is 0.487. The molecule has 0 amide bonds. The van der Waals surface area contributed by atoms with E-state index in [0.29, 0.717) is 11.5 Å². The molecule has 0 unspecified atom stereocenters. The summed E-state index contributed by atoms with van der Waals surface area (Å²) in [6.07, 6.45) is 9.40. The molecule has 5 aromatic rings. The van der Waals surface area contributed by atoms with Crippen LogP contribution in [0.4, 0.5) is 0 Å². The van der Waals surface area contributed by atoms with Crippen LogP contribution in [0.25, 0.3) is 43.1 Å². The van der Waals surface area contributed by atoms with Gasteiger partial charge in [0.15, 0.2) is 0 Å². The molecule has 32 heavy (non-hydrogen) atoms. The molecule has 0 radical (unpaired) electrons. The van der Waals surface area contributed by atoms with Crippen LogP contribution in [0.2, 0.25) is 0 Å². The Morgan fingerprint density at radius 3 is 1.09 bits per heavy atom. The summed E-state index contributed by atoms with van der Waals surface area (Å²) in [5.41, 5.74) is 5.60. The van der Waals surface area contributed by atoms with Crippen LogP contribution in [0, 0.1) is 0 Å². The molecule has 2 aliphatic rings. The van der Waals surface area contributed by atoms with Crippen molar-refractivity contribution in [2.45, 2.75) is 51.4 Å². The summed E-state index contributed by atoms with van der Waals surface area (Å²) in [6, 6.07) is 17.4. The molecular weight excluding hydrogens is 392 g/mol. The number of phenolic OH excluding ortho intramolecular Hbond substituents is 2. The normalized spacial score (nSPS) is 16.0. The maximum atomic E-state index is 11.3. The van der Waals surface area contributed by atoms with E-state index in [2.05, 4.69) is 42.5 Å². The first-order valence-electron chi connectivity index (χ1n) is 12.0. The number of phenols is 2. The third-order valence-electron chi connectivity index (χ3n) is 7.89. The first kappa shape index (κ1) is 18.3. The minimum absolute atomic E-state index is 0.331. The molecule has 0 saturated carbocycles. The lowest BCUT2D eigenvalue weighted by atomic mass is 9.87. The molecule has 158 valence electrons. The van der Waals surface area contributed by atoms with Crippen molar-refractivity contribution in [1.82, 2.24) is 0 Å². The minimum Gasteiger partial charge on any atom is -0.507 e. The number of fused-ring (bicyclic) bond motifs is 6. The van der Waals surface area contributed by atoms with Crippen molar-refractivity contribution < 1.29 is 10.2 Å². The molecule has 0 saturated heterocycles. The maximum Gasteiger partial charge on any atom is 0.131 e. The quantitative estimate of drug-likeness (QED) is 0.256. The summed E-state index contributed by atoms with van der Waals surface area (Å²) < 4.78 is 0. The second-order valence-electron chi connectivity index (χ2n) is 9.84. The smallest absolute Gasteiger partial charge is 0.131 e. The third kappa shape index (κ3) is 2.59. The lowest BCUT2D eigenvalue weighted by Crippen LogP contribution is -2.02. The molecule has 2 N–H and O–H groups in total. The van der Waals surface area contributed by atoms with Gasteiger partial charge in [0.2, 0.25) is 0 Å². The molecule has 2 aliphatic carbocycles. The van der Waals surface area contributed by atoms with Crippen LogP contribution in [0.3, 0.4) is 0 Å². The van der Waals surface area contributed by atoms with E-state index >= 15 is 0 Å². The summed E-state index contributed by atoms with van der Waals surface area (Å²) in [5, 5.41) is 30.2. The highest BCUT2D eigenvalue weighted by Crippen LogP contribution is 2.43. The largest absolute Gasteiger partial charge is 0.507 e. The second-order valence-corrected chi connectivity index (χ2v) is 9.84. The molecule has 2 heteroatoms. The molecule has 5 aromatic carbocycles. The van der Waals surface area contributed by atoms with Crippen molar-refractivity contribution >= 4 is 43.1 Å². The van der Waals surface area contributed by atoms with E-state index in [1.807, 2.05) is 6.07 Å². The molecule has 0 heterocycles. The zero-order chi connectivity index (χ0) is 21.4. The molecule has 0 bridgehead atoms. The summed E-state index contributed by atoms with van der Waals surface area (Å²) in [5.74, 6) is 0.662. The third-order valence-corrected chi connectivity index (χ3v) is 7.89. The van der Waals surface area contributed by atoms with E-state index in [9.17, 15) is 10.2 Å². The lowest BCUT2D eigenvalue weighted by Gasteiger charge is -2.19. The average molecular weight is 419 g/mol. The summed E-state index contributed by atoms with van der Waals surface area (Å²) in [6.45, 7) is 0. The standard InChI is InChI=1S/C30H26O2/c31-29-25-14-19-7-3-1-5-17(19)9-21(25)11-23-13-24-12-22-10-18-6-2-4-8-20(18)15-26(22)30(32)28(24)16-27(23)29/h9-16,31-32H,1-8H2. The Labute approximate surface area is 187 Å². The number of hydrogen-bond donors (Lipinski definition) is 2. The fraction of sp³-hybridized carbons (Fsp3) is 0.267. The molecular formula is C30H26O2. The number of hydrogen-bond acceptors (Lipinski definition) is 2. The van der Waals surface area contributed by atoms with Crippen molar-refractivity contribution in [3.8, 4) is 11.5 Å². The number of benzene rings is 5. The zero-order valence-electron chi connectivity index (χ0n) is 18.2. The van der Waals surface area contributed by atoms with Crippen molar-refractivity contribution in [3.63, 3.8) is 0 Å². The van der Waals surface area contributed by atoms with Crippen LogP contribution in [0.5, 0.6) is 11.5 Å². The minimum atomic E-state index is 0.331. The van der Waals surface area contributed by atoms with E-state index in [0.717, 1.165) is 68.8 Å². The van der Waals surface area contributed by atoms with Gasteiger partial charge in [0.25, 0.3) is 0 Å². The van der Waals surface area contributed by atoms with Gasteiger partial charge in [-0.05, 0) is 132 Å². The highest BCUT2D eigenvalue weighted by molar-refractivity contribution is 6.14. The van der Waals surface area contributed by atoms with E-state index in [1.165, 1.54) is 47.9 Å². The fourth-order valence-electron chi connectivity index (χ4n) is 6.17. The Morgan fingerprint density at radius 1 is 0.375 bits per heavy atom. The van der Waals surface area contributed by atoms with Crippen LogP contribution in [0.15, 0.2) is 48.5 Å². The van der Waals surface area contributed by atoms with Gasteiger partial charge >= 0.3 is 0 Å². The fourth-order valence-corrected chi connectivity index (χ4v) is 6.17. The molecule has 0 atom stereocenters. The molecule has 0 aromatic heterocycles. The van der Waals surface area contributed by atoms with Crippen LogP contribution in [-0.2, 0) is 25.7 Å². The molecule has 0 spiro atoms. The zero-order valence-corrected chi connectivity index (χ0v) is 18.2. The number of aromatic hydroxyl groups is 2. The summed E-state index contributed by atoms with van der Waals surface area (Å²) >= 11 is 0. The van der Waals surface area contributed by atoms with Gasteiger partial charge in [-0.15, -0.1) is 0 Å². The monoisotopic (exact) mass is 418 g/mol. The molecule has 2 nitrogen and oxygen atoms in total. The van der Waals surface area contributed by atoms with E-state index in [4.69, 9.17) is 0 Å². The number of rotatable bonds is 0. The summed E-state index contributed by atoms with van der Waals surface area (Å²) in [7, 11) is 0. The van der Waals surface area contributed by atoms with Crippen LogP contribution < -0.4 is 0 Å². The van der Waals surface area contributed by atoms with Gasteiger partial charge in [0.1, 0.15) is 11.5 Å². The predicted octanol–water partition coefficient (Wildman–Crippen LogP) is 7.47. The van der Waals surface area contributed by atoms with E-state index < -0.39 is 0 Å². The number of aryl methyl sites for hydroxylation is 4. The van der Waals surface area contributed by atoms with Crippen molar-refractivity contribution in [3.05, 3.63) is 70.8 Å². The Balaban J connectivity index is 1.53. The highest BCUT2D eigenvalue weighted by atomic mass is 16.3. The molecule has 7 rings (SSSR count). The first-order valence-corrected chi connectivity index (χ1v) is 12.0. The van der Waals surface area contributed by atoms with Gasteiger partial charge in [0, 0.05) is 21.5 Å². The summed E-state index contributed by atoms with van der Waals surface area (Å²) in [4.78, 5) is 0. The van der Waals surface area contributed by atoms with Crippen LogP contribution >= 0.6 is 0 Å². The Hall–Kier alpha value is -3.26. The predicted molar refractivity (Wildman–Crippen MR) is 133 cm³/mol. The van der Waals surface area contributed by atoms with E-state index in [-0.39, 0.29) is 0 Å². The van der Waals surface area contributed by atoms with Gasteiger partial charge in [-0.2, -0.15) is 0 Å².